The molecule has 0 radical (unpaired) electrons. The number of carboxylic acids is 1. The third kappa shape index (κ3) is 4.00. The van der Waals surface area contributed by atoms with E-state index in [1.165, 1.54) is 0 Å². The first-order valence-corrected chi connectivity index (χ1v) is 5.30. The van der Waals surface area contributed by atoms with Crippen molar-refractivity contribution >= 4 is 5.97 Å². The molecule has 1 rings (SSSR count). The molecule has 0 aromatic heterocycles. The fourth-order valence-corrected chi connectivity index (χ4v) is 1.43. The summed E-state index contributed by atoms with van der Waals surface area (Å²) in [7, 11) is 0. The highest BCUT2D eigenvalue weighted by Gasteiger charge is 2.18. The molecule has 0 amide bonds. The summed E-state index contributed by atoms with van der Waals surface area (Å²) in [5.74, 6) is -0.906. The first-order chi connectivity index (χ1) is 7.61. The number of aliphatic hydroxyl groups is 1. The van der Waals surface area contributed by atoms with Gasteiger partial charge >= 0.3 is 5.97 Å². The van der Waals surface area contributed by atoms with Crippen LogP contribution in [0, 0.1) is 0 Å². The van der Waals surface area contributed by atoms with Gasteiger partial charge in [0.15, 0.2) is 0 Å². The van der Waals surface area contributed by atoms with Crippen LogP contribution in [0.1, 0.15) is 24.9 Å². The summed E-state index contributed by atoms with van der Waals surface area (Å²) in [6, 6.07) is 8.30. The number of aliphatic hydroxyl groups excluding tert-OH is 1. The largest absolute Gasteiger partial charge is 0.480 e. The molecule has 2 atom stereocenters. The van der Waals surface area contributed by atoms with Crippen LogP contribution >= 0.6 is 0 Å². The maximum Gasteiger partial charge on any atom is 0.325 e. The molecular formula is C12H17NO3. The van der Waals surface area contributed by atoms with E-state index in [9.17, 15) is 4.79 Å². The molecule has 4 heteroatoms. The Morgan fingerprint density at radius 2 is 2.00 bits per heavy atom. The molecule has 0 aliphatic heterocycles. The zero-order chi connectivity index (χ0) is 12.0. The molecule has 2 unspecified atom stereocenters. The summed E-state index contributed by atoms with van der Waals surface area (Å²) in [4.78, 5) is 11.1. The van der Waals surface area contributed by atoms with Crippen molar-refractivity contribution in [1.82, 2.24) is 5.32 Å². The average Bonchev–Trinajstić information content (AvgIpc) is 2.25. The van der Waals surface area contributed by atoms with Crippen LogP contribution in [0.5, 0.6) is 0 Å². The van der Waals surface area contributed by atoms with Gasteiger partial charge in [-0.15, -0.1) is 0 Å². The van der Waals surface area contributed by atoms with Crippen molar-refractivity contribution in [3.63, 3.8) is 0 Å². The minimum atomic E-state index is -0.906. The predicted molar refractivity (Wildman–Crippen MR) is 61.1 cm³/mol. The zero-order valence-corrected chi connectivity index (χ0v) is 9.26. The summed E-state index contributed by atoms with van der Waals surface area (Å²) in [6.45, 7) is 2.16. The minimum Gasteiger partial charge on any atom is -0.480 e. The van der Waals surface area contributed by atoms with Gasteiger partial charge in [-0.05, 0) is 25.5 Å². The van der Waals surface area contributed by atoms with Crippen LogP contribution in [-0.4, -0.2) is 28.8 Å². The lowest BCUT2D eigenvalue weighted by atomic mass is 10.1. The van der Waals surface area contributed by atoms with Gasteiger partial charge in [0.25, 0.3) is 0 Å². The molecule has 0 spiro atoms. The van der Waals surface area contributed by atoms with Gasteiger partial charge in [0.05, 0.1) is 6.10 Å². The standard InChI is InChI=1S/C12H17NO3/c1-9(14)7-8-13-11(12(15)16)10-5-3-2-4-6-10/h2-6,9,11,13-14H,7-8H2,1H3,(H,15,16). The molecule has 0 saturated heterocycles. The molecule has 0 aliphatic rings. The Kier molecular flexibility index (Phi) is 4.95. The molecule has 0 heterocycles. The van der Waals surface area contributed by atoms with Crippen LogP contribution < -0.4 is 5.32 Å². The summed E-state index contributed by atoms with van der Waals surface area (Å²) in [6.07, 6.45) is 0.120. The van der Waals surface area contributed by atoms with Crippen molar-refractivity contribution in [3.05, 3.63) is 35.9 Å². The fraction of sp³-hybridized carbons (Fsp3) is 0.417. The van der Waals surface area contributed by atoms with E-state index in [2.05, 4.69) is 5.32 Å². The number of nitrogens with one attached hydrogen (secondary N) is 1. The van der Waals surface area contributed by atoms with Gasteiger partial charge in [0.2, 0.25) is 0 Å². The first kappa shape index (κ1) is 12.7. The number of carboxylic acid groups (broad SMARTS) is 1. The van der Waals surface area contributed by atoms with Gasteiger partial charge in [-0.25, -0.2) is 0 Å². The van der Waals surface area contributed by atoms with E-state index in [-0.39, 0.29) is 0 Å². The third-order valence-corrected chi connectivity index (χ3v) is 2.29. The van der Waals surface area contributed by atoms with Crippen LogP contribution in [0.4, 0.5) is 0 Å². The average molecular weight is 223 g/mol. The van der Waals surface area contributed by atoms with Crippen molar-refractivity contribution in [3.8, 4) is 0 Å². The number of benzene rings is 1. The molecule has 4 nitrogen and oxygen atoms in total. The van der Waals surface area contributed by atoms with E-state index < -0.39 is 18.1 Å². The van der Waals surface area contributed by atoms with Crippen LogP contribution in [0.2, 0.25) is 0 Å². The van der Waals surface area contributed by atoms with Gasteiger partial charge in [-0.1, -0.05) is 30.3 Å². The van der Waals surface area contributed by atoms with Crippen LogP contribution in [0.3, 0.4) is 0 Å². The molecule has 16 heavy (non-hydrogen) atoms. The van der Waals surface area contributed by atoms with Crippen molar-refractivity contribution in [2.75, 3.05) is 6.54 Å². The monoisotopic (exact) mass is 223 g/mol. The van der Waals surface area contributed by atoms with Gasteiger partial charge in [0, 0.05) is 0 Å². The van der Waals surface area contributed by atoms with E-state index in [0.29, 0.717) is 13.0 Å². The summed E-state index contributed by atoms with van der Waals surface area (Å²) in [5, 5.41) is 21.1. The molecular weight excluding hydrogens is 206 g/mol. The van der Waals surface area contributed by atoms with Crippen LogP contribution in [-0.2, 0) is 4.79 Å². The van der Waals surface area contributed by atoms with E-state index >= 15 is 0 Å². The Bertz CT molecular complexity index is 324. The highest BCUT2D eigenvalue weighted by Crippen LogP contribution is 2.12. The third-order valence-electron chi connectivity index (χ3n) is 2.29. The Morgan fingerprint density at radius 3 is 2.50 bits per heavy atom. The van der Waals surface area contributed by atoms with Crippen LogP contribution in [0.25, 0.3) is 0 Å². The Balaban J connectivity index is 2.59. The second kappa shape index (κ2) is 6.25. The highest BCUT2D eigenvalue weighted by atomic mass is 16.4. The molecule has 0 saturated carbocycles. The van der Waals surface area contributed by atoms with E-state index in [1.807, 2.05) is 18.2 Å². The summed E-state index contributed by atoms with van der Waals surface area (Å²) < 4.78 is 0. The SMILES string of the molecule is CC(O)CCNC(C(=O)O)c1ccccc1. The summed E-state index contributed by atoms with van der Waals surface area (Å²) >= 11 is 0. The lowest BCUT2D eigenvalue weighted by Gasteiger charge is -2.15. The second-order valence-electron chi connectivity index (χ2n) is 3.77. The van der Waals surface area contributed by atoms with Gasteiger partial charge < -0.3 is 15.5 Å². The number of rotatable bonds is 6. The van der Waals surface area contributed by atoms with E-state index in [4.69, 9.17) is 10.2 Å². The van der Waals surface area contributed by atoms with Crippen LogP contribution in [0.15, 0.2) is 30.3 Å². The van der Waals surface area contributed by atoms with Gasteiger partial charge in [-0.2, -0.15) is 0 Å². The molecule has 1 aromatic carbocycles. The maximum atomic E-state index is 11.1. The van der Waals surface area contributed by atoms with Crippen molar-refractivity contribution in [2.45, 2.75) is 25.5 Å². The number of hydrogen-bond acceptors (Lipinski definition) is 3. The number of aliphatic carboxylic acids is 1. The quantitative estimate of drug-likeness (QED) is 0.677. The lowest BCUT2D eigenvalue weighted by Crippen LogP contribution is -2.30. The predicted octanol–water partition coefficient (Wildman–Crippen LogP) is 1.17. The molecule has 0 bridgehead atoms. The number of carbonyl (C=O) groups is 1. The molecule has 1 aromatic rings. The highest BCUT2D eigenvalue weighted by molar-refractivity contribution is 5.75. The Morgan fingerprint density at radius 1 is 1.38 bits per heavy atom. The van der Waals surface area contributed by atoms with E-state index in [1.54, 1.807) is 19.1 Å². The zero-order valence-electron chi connectivity index (χ0n) is 9.26. The fourth-order valence-electron chi connectivity index (χ4n) is 1.43. The van der Waals surface area contributed by atoms with Gasteiger partial charge in [-0.3, -0.25) is 4.79 Å². The van der Waals surface area contributed by atoms with Crippen molar-refractivity contribution in [1.29, 1.82) is 0 Å². The molecule has 88 valence electrons. The summed E-state index contributed by atoms with van der Waals surface area (Å²) in [5.41, 5.74) is 0.723. The lowest BCUT2D eigenvalue weighted by molar-refractivity contribution is -0.139. The smallest absolute Gasteiger partial charge is 0.325 e. The van der Waals surface area contributed by atoms with E-state index in [0.717, 1.165) is 5.56 Å². The van der Waals surface area contributed by atoms with Crippen molar-refractivity contribution in [2.24, 2.45) is 0 Å². The maximum absolute atomic E-state index is 11.1. The first-order valence-electron chi connectivity index (χ1n) is 5.30. The molecule has 0 aliphatic carbocycles. The second-order valence-corrected chi connectivity index (χ2v) is 3.77. The molecule has 3 N–H and O–H groups in total. The number of hydrogen-bond donors (Lipinski definition) is 3. The Hall–Kier alpha value is -1.39. The molecule has 0 fully saturated rings. The minimum absolute atomic E-state index is 0.419. The van der Waals surface area contributed by atoms with Gasteiger partial charge in [0.1, 0.15) is 6.04 Å². The normalized spacial score (nSPS) is 14.4. The topological polar surface area (TPSA) is 69.6 Å². The van der Waals surface area contributed by atoms with Crippen molar-refractivity contribution < 1.29 is 15.0 Å². The Labute approximate surface area is 94.9 Å².